The fourth-order valence-corrected chi connectivity index (χ4v) is 3.05. The zero-order valence-corrected chi connectivity index (χ0v) is 14.6. The molecule has 6 heteroatoms. The van der Waals surface area contributed by atoms with Crippen LogP contribution in [-0.2, 0) is 0 Å². The third-order valence-electron chi connectivity index (χ3n) is 3.88. The number of aromatic nitrogens is 2. The molecule has 0 N–H and O–H groups in total. The molecule has 2 heterocycles. The molecule has 0 aliphatic heterocycles. The first-order valence-electron chi connectivity index (χ1n) is 7.33. The summed E-state index contributed by atoms with van der Waals surface area (Å²) in [6, 6.07) is 13.4. The van der Waals surface area contributed by atoms with E-state index < -0.39 is 0 Å². The number of fused-ring (bicyclic) bond motifs is 1. The predicted molar refractivity (Wildman–Crippen MR) is 93.9 cm³/mol. The number of aryl methyl sites for hydroxylation is 1. The van der Waals surface area contributed by atoms with Crippen molar-refractivity contribution < 1.29 is 13.7 Å². The van der Waals surface area contributed by atoms with Gasteiger partial charge in [-0.1, -0.05) is 17.3 Å². The van der Waals surface area contributed by atoms with E-state index in [9.17, 15) is 0 Å². The van der Waals surface area contributed by atoms with Gasteiger partial charge in [0.2, 0.25) is 5.82 Å². The Balaban J connectivity index is 1.81. The van der Waals surface area contributed by atoms with E-state index in [1.165, 1.54) is 0 Å². The second-order valence-corrected chi connectivity index (χ2v) is 6.18. The van der Waals surface area contributed by atoms with Crippen molar-refractivity contribution in [1.82, 2.24) is 10.1 Å². The molecule has 4 aromatic rings. The number of hydrogen-bond donors (Lipinski definition) is 0. The largest absolute Gasteiger partial charge is 0.497 e. The van der Waals surface area contributed by atoms with Crippen LogP contribution in [-0.4, -0.2) is 17.3 Å². The molecular formula is C18H13BrN2O3. The molecule has 0 spiro atoms. The summed E-state index contributed by atoms with van der Waals surface area (Å²) in [6.45, 7) is 1.97. The average Bonchev–Trinajstić information content (AvgIpc) is 3.20. The van der Waals surface area contributed by atoms with Gasteiger partial charge in [-0.3, -0.25) is 0 Å². The van der Waals surface area contributed by atoms with E-state index in [0.717, 1.165) is 32.3 Å². The van der Waals surface area contributed by atoms with Crippen molar-refractivity contribution >= 4 is 26.9 Å². The van der Waals surface area contributed by atoms with E-state index in [-0.39, 0.29) is 0 Å². The van der Waals surface area contributed by atoms with Crippen molar-refractivity contribution in [3.63, 3.8) is 0 Å². The highest BCUT2D eigenvalue weighted by Gasteiger charge is 2.19. The van der Waals surface area contributed by atoms with Gasteiger partial charge in [0.25, 0.3) is 5.89 Å². The van der Waals surface area contributed by atoms with Gasteiger partial charge in [-0.2, -0.15) is 4.98 Å². The summed E-state index contributed by atoms with van der Waals surface area (Å²) in [5, 5.41) is 5.04. The fourth-order valence-electron chi connectivity index (χ4n) is 2.60. The first kappa shape index (κ1) is 15.0. The first-order valence-corrected chi connectivity index (χ1v) is 8.13. The SMILES string of the molecule is COc1ccc2oc(-c3noc(-c4ccccc4Br)n3)c(C)c2c1. The Morgan fingerprint density at radius 3 is 2.75 bits per heavy atom. The van der Waals surface area contributed by atoms with Crippen LogP contribution in [0.25, 0.3) is 34.0 Å². The maximum absolute atomic E-state index is 5.91. The lowest BCUT2D eigenvalue weighted by molar-refractivity contribution is 0.415. The monoisotopic (exact) mass is 384 g/mol. The summed E-state index contributed by atoms with van der Waals surface area (Å²) in [4.78, 5) is 4.48. The van der Waals surface area contributed by atoms with Gasteiger partial charge in [0.05, 0.1) is 12.7 Å². The number of nitrogens with zero attached hydrogens (tertiary/aromatic N) is 2. The van der Waals surface area contributed by atoms with Gasteiger partial charge >= 0.3 is 0 Å². The minimum absolute atomic E-state index is 0.424. The Morgan fingerprint density at radius 2 is 1.96 bits per heavy atom. The molecule has 0 aliphatic carbocycles. The highest BCUT2D eigenvalue weighted by molar-refractivity contribution is 9.10. The first-order chi connectivity index (χ1) is 11.7. The molecule has 0 saturated carbocycles. The summed E-state index contributed by atoms with van der Waals surface area (Å²) in [5.41, 5.74) is 2.55. The van der Waals surface area contributed by atoms with Crippen molar-refractivity contribution in [1.29, 1.82) is 0 Å². The van der Waals surface area contributed by atoms with Crippen molar-refractivity contribution in [2.45, 2.75) is 6.92 Å². The van der Waals surface area contributed by atoms with Crippen LogP contribution in [0.5, 0.6) is 5.75 Å². The maximum Gasteiger partial charge on any atom is 0.259 e. The second-order valence-electron chi connectivity index (χ2n) is 5.32. The number of halogens is 1. The smallest absolute Gasteiger partial charge is 0.259 e. The highest BCUT2D eigenvalue weighted by atomic mass is 79.9. The molecule has 2 aromatic carbocycles. The topological polar surface area (TPSA) is 61.3 Å². The number of ether oxygens (including phenoxy) is 1. The zero-order valence-electron chi connectivity index (χ0n) is 13.0. The van der Waals surface area contributed by atoms with Gasteiger partial charge in [0.15, 0.2) is 5.76 Å². The molecule has 2 aromatic heterocycles. The minimum Gasteiger partial charge on any atom is -0.497 e. The average molecular weight is 385 g/mol. The van der Waals surface area contributed by atoms with Gasteiger partial charge in [0, 0.05) is 15.4 Å². The third-order valence-corrected chi connectivity index (χ3v) is 4.57. The third kappa shape index (κ3) is 2.39. The molecule has 4 rings (SSSR count). The maximum atomic E-state index is 5.91. The normalized spacial score (nSPS) is 11.1. The molecule has 24 heavy (non-hydrogen) atoms. The molecule has 5 nitrogen and oxygen atoms in total. The number of benzene rings is 2. The standard InChI is InChI=1S/C18H13BrN2O3/c1-10-13-9-11(22-2)7-8-15(13)23-16(10)17-20-18(24-21-17)12-5-3-4-6-14(12)19/h3-9H,1-2H3. The van der Waals surface area contributed by atoms with Crippen LogP contribution in [0.2, 0.25) is 0 Å². The Bertz CT molecular complexity index is 1040. The summed E-state index contributed by atoms with van der Waals surface area (Å²) in [6.07, 6.45) is 0. The zero-order chi connectivity index (χ0) is 16.7. The van der Waals surface area contributed by atoms with Crippen LogP contribution in [0.3, 0.4) is 0 Å². The number of hydrogen-bond acceptors (Lipinski definition) is 5. The lowest BCUT2D eigenvalue weighted by atomic mass is 10.1. The van der Waals surface area contributed by atoms with Crippen LogP contribution in [0.15, 0.2) is 55.9 Å². The van der Waals surface area contributed by atoms with Crippen molar-refractivity contribution in [3.05, 3.63) is 52.5 Å². The van der Waals surface area contributed by atoms with Crippen LogP contribution in [0.1, 0.15) is 5.56 Å². The fraction of sp³-hybridized carbons (Fsp3) is 0.111. The Kier molecular flexibility index (Phi) is 3.61. The molecule has 0 fully saturated rings. The Labute approximate surface area is 146 Å². The van der Waals surface area contributed by atoms with Crippen LogP contribution >= 0.6 is 15.9 Å². The van der Waals surface area contributed by atoms with E-state index in [0.29, 0.717) is 17.5 Å². The quantitative estimate of drug-likeness (QED) is 0.483. The van der Waals surface area contributed by atoms with Gasteiger partial charge in [-0.25, -0.2) is 0 Å². The minimum atomic E-state index is 0.424. The molecule has 0 saturated heterocycles. The molecule has 0 bridgehead atoms. The Morgan fingerprint density at radius 1 is 1.12 bits per heavy atom. The van der Waals surface area contributed by atoms with Gasteiger partial charge < -0.3 is 13.7 Å². The van der Waals surface area contributed by atoms with Crippen LogP contribution < -0.4 is 4.74 Å². The molecule has 0 amide bonds. The lowest BCUT2D eigenvalue weighted by Crippen LogP contribution is -1.83. The molecule has 120 valence electrons. The molecule has 0 unspecified atom stereocenters. The van der Waals surface area contributed by atoms with E-state index >= 15 is 0 Å². The molecule has 0 aliphatic rings. The molecule has 0 radical (unpaired) electrons. The summed E-state index contributed by atoms with van der Waals surface area (Å²) >= 11 is 3.49. The van der Waals surface area contributed by atoms with Gasteiger partial charge in [-0.05, 0) is 53.2 Å². The number of rotatable bonds is 3. The predicted octanol–water partition coefficient (Wildman–Crippen LogP) is 5.23. The Hall–Kier alpha value is -2.60. The van der Waals surface area contributed by atoms with E-state index in [1.54, 1.807) is 7.11 Å². The van der Waals surface area contributed by atoms with E-state index in [1.807, 2.05) is 49.4 Å². The summed E-state index contributed by atoms with van der Waals surface area (Å²) in [7, 11) is 1.64. The van der Waals surface area contributed by atoms with Crippen LogP contribution in [0.4, 0.5) is 0 Å². The van der Waals surface area contributed by atoms with Crippen molar-refractivity contribution in [2.24, 2.45) is 0 Å². The van der Waals surface area contributed by atoms with Gasteiger partial charge in [-0.15, -0.1) is 0 Å². The second kappa shape index (κ2) is 5.79. The summed E-state index contributed by atoms with van der Waals surface area (Å²) < 4.78 is 17.5. The number of furan rings is 1. The highest BCUT2D eigenvalue weighted by Crippen LogP contribution is 2.35. The lowest BCUT2D eigenvalue weighted by Gasteiger charge is -1.97. The molecule has 0 atom stereocenters. The van der Waals surface area contributed by atoms with Crippen molar-refractivity contribution in [2.75, 3.05) is 7.11 Å². The van der Waals surface area contributed by atoms with Crippen molar-refractivity contribution in [3.8, 4) is 28.8 Å². The van der Waals surface area contributed by atoms with Crippen LogP contribution in [0, 0.1) is 6.92 Å². The van der Waals surface area contributed by atoms with E-state index in [4.69, 9.17) is 13.7 Å². The van der Waals surface area contributed by atoms with E-state index in [2.05, 4.69) is 26.1 Å². The molecular weight excluding hydrogens is 372 g/mol. The number of methoxy groups -OCH3 is 1. The summed E-state index contributed by atoms with van der Waals surface area (Å²) in [5.74, 6) is 2.24. The van der Waals surface area contributed by atoms with Gasteiger partial charge in [0.1, 0.15) is 11.3 Å².